The minimum Gasteiger partial charge on any atom is -1.00 e. The first-order valence-corrected chi connectivity index (χ1v) is 6.48. The van der Waals surface area contributed by atoms with Crippen molar-refractivity contribution in [2.75, 3.05) is 20.6 Å². The molecule has 0 atom stereocenters. The Kier molecular flexibility index (Phi) is 20.9. The molecule has 0 heterocycles. The van der Waals surface area contributed by atoms with Gasteiger partial charge in [0.05, 0.1) is 0 Å². The number of halogens is 3. The predicted molar refractivity (Wildman–Crippen MR) is 81.9 cm³/mol. The average molecular weight is 528 g/mol. The summed E-state index contributed by atoms with van der Waals surface area (Å²) in [6.07, 6.45) is 2.31. The van der Waals surface area contributed by atoms with Gasteiger partial charge in [-0.25, -0.2) is 0 Å². The molecule has 2 rings (SSSR count). The Morgan fingerprint density at radius 3 is 1.95 bits per heavy atom. The summed E-state index contributed by atoms with van der Waals surface area (Å²) in [6.45, 7) is 7.73. The van der Waals surface area contributed by atoms with Crippen LogP contribution < -0.4 is 37.2 Å². The molecular weight excluding hydrogens is 503 g/mol. The Morgan fingerprint density at radius 2 is 1.55 bits per heavy atom. The monoisotopic (exact) mass is 528 g/mol. The van der Waals surface area contributed by atoms with Gasteiger partial charge in [0.1, 0.15) is 0 Å². The molecule has 124 valence electrons. The Labute approximate surface area is 173 Å². The second-order valence-corrected chi connectivity index (χ2v) is 5.99. The van der Waals surface area contributed by atoms with Gasteiger partial charge in [0.2, 0.25) is 0 Å². The van der Waals surface area contributed by atoms with Crippen molar-refractivity contribution in [1.82, 2.24) is 4.90 Å². The Hall–Kier alpha value is 0.530. The van der Waals surface area contributed by atoms with Gasteiger partial charge < -0.3 is 48.5 Å². The Balaban J connectivity index is -0.000000125. The van der Waals surface area contributed by atoms with Crippen LogP contribution in [-0.4, -0.2) is 25.5 Å². The molecule has 0 aliphatic rings. The van der Waals surface area contributed by atoms with Gasteiger partial charge in [-0.15, -0.1) is 36.2 Å². The van der Waals surface area contributed by atoms with E-state index in [0.717, 1.165) is 6.54 Å². The van der Waals surface area contributed by atoms with E-state index >= 15 is 0 Å². The number of hydrogen-bond donors (Lipinski definition) is 0. The second-order valence-electron chi connectivity index (χ2n) is 5.99. The standard InChI is InChI=1S/C9H7.C8H18N.3ClH.Hf/c1-2-5-9-7-3-6-8(9)4-1;1-8(2,3)6-7-9(4)5;;;;/h1-7H;6H,7H2,1-5H3;3*1H;/q2*-1;;;;+4/p-3. The quantitative estimate of drug-likeness (QED) is 0.280. The van der Waals surface area contributed by atoms with E-state index < -0.39 is 0 Å². The number of rotatable bonds is 2. The zero-order chi connectivity index (χ0) is 13.6. The van der Waals surface area contributed by atoms with Gasteiger partial charge in [0, 0.05) is 0 Å². The van der Waals surface area contributed by atoms with Gasteiger partial charge in [-0.05, 0) is 14.1 Å². The van der Waals surface area contributed by atoms with E-state index in [1.54, 1.807) is 0 Å². The third-order valence-corrected chi connectivity index (χ3v) is 2.62. The summed E-state index contributed by atoms with van der Waals surface area (Å²) >= 11 is 0. The fourth-order valence-corrected chi connectivity index (χ4v) is 1.53. The average Bonchev–Trinajstić information content (AvgIpc) is 2.74. The van der Waals surface area contributed by atoms with E-state index in [2.05, 4.69) is 88.7 Å². The van der Waals surface area contributed by atoms with Gasteiger partial charge in [-0.3, -0.25) is 0 Å². The summed E-state index contributed by atoms with van der Waals surface area (Å²) in [7, 11) is 4.17. The minimum atomic E-state index is 0. The summed E-state index contributed by atoms with van der Waals surface area (Å²) in [4.78, 5) is 2.17. The van der Waals surface area contributed by atoms with Gasteiger partial charge in [-0.1, -0.05) is 26.8 Å². The number of hydrogen-bond acceptors (Lipinski definition) is 1. The normalized spacial score (nSPS) is 9.36. The van der Waals surface area contributed by atoms with Gasteiger partial charge in [-0.2, -0.15) is 22.9 Å². The van der Waals surface area contributed by atoms with Crippen molar-refractivity contribution in [3.05, 3.63) is 48.9 Å². The molecule has 0 amide bonds. The molecule has 0 bridgehead atoms. The Morgan fingerprint density at radius 1 is 1.00 bits per heavy atom. The minimum absolute atomic E-state index is 0. The maximum Gasteiger partial charge on any atom is 4.00 e. The molecule has 0 aliphatic heterocycles. The molecule has 0 unspecified atom stereocenters. The van der Waals surface area contributed by atoms with Gasteiger partial charge in [0.15, 0.2) is 0 Å². The van der Waals surface area contributed by atoms with Crippen LogP contribution in [0.2, 0.25) is 0 Å². The maximum atomic E-state index is 2.31. The van der Waals surface area contributed by atoms with Crippen molar-refractivity contribution < 1.29 is 63.1 Å². The first-order valence-electron chi connectivity index (χ1n) is 6.48. The zero-order valence-electron chi connectivity index (χ0n) is 13.9. The molecule has 2 aromatic carbocycles. The van der Waals surface area contributed by atoms with Crippen LogP contribution in [0.4, 0.5) is 0 Å². The molecule has 0 fully saturated rings. The Bertz CT molecular complexity index is 434. The largest absolute Gasteiger partial charge is 4.00 e. The predicted octanol–water partition coefficient (Wildman–Crippen LogP) is -4.63. The van der Waals surface area contributed by atoms with Crippen LogP contribution in [0.1, 0.15) is 20.8 Å². The number of fused-ring (bicyclic) bond motifs is 1. The van der Waals surface area contributed by atoms with Crippen molar-refractivity contribution in [3.8, 4) is 0 Å². The molecule has 22 heavy (non-hydrogen) atoms. The summed E-state index contributed by atoms with van der Waals surface area (Å²) in [5.74, 6) is 0. The van der Waals surface area contributed by atoms with Gasteiger partial charge in [0.25, 0.3) is 0 Å². The third kappa shape index (κ3) is 14.1. The molecule has 1 nitrogen and oxygen atoms in total. The topological polar surface area (TPSA) is 3.24 Å². The summed E-state index contributed by atoms with van der Waals surface area (Å²) in [5.41, 5.74) is 0.365. The molecule has 0 aromatic heterocycles. The fourth-order valence-electron chi connectivity index (χ4n) is 1.53. The second kappa shape index (κ2) is 15.1. The number of benzene rings is 1. The van der Waals surface area contributed by atoms with E-state index in [1.165, 1.54) is 10.8 Å². The van der Waals surface area contributed by atoms with Crippen LogP contribution in [0.5, 0.6) is 0 Å². The van der Waals surface area contributed by atoms with E-state index in [-0.39, 0.29) is 63.1 Å². The first kappa shape index (κ1) is 30.4. The molecule has 0 N–H and O–H groups in total. The third-order valence-electron chi connectivity index (χ3n) is 2.62. The summed E-state index contributed by atoms with van der Waals surface area (Å²) in [5, 5.41) is 2.66. The molecule has 0 spiro atoms. The van der Waals surface area contributed by atoms with Crippen molar-refractivity contribution in [2.24, 2.45) is 5.41 Å². The smallest absolute Gasteiger partial charge is 1.00 e. The zero-order valence-corrected chi connectivity index (χ0v) is 19.8. The molecule has 0 saturated heterocycles. The fraction of sp³-hybridized carbons (Fsp3) is 0.412. The summed E-state index contributed by atoms with van der Waals surface area (Å²) < 4.78 is 0. The summed E-state index contributed by atoms with van der Waals surface area (Å²) in [6, 6.07) is 14.7. The molecule has 0 radical (unpaired) electrons. The molecule has 2 aromatic rings. The number of nitrogens with zero attached hydrogens (tertiary/aromatic N) is 1. The van der Waals surface area contributed by atoms with E-state index in [4.69, 9.17) is 0 Å². The van der Waals surface area contributed by atoms with Crippen molar-refractivity contribution in [1.29, 1.82) is 0 Å². The van der Waals surface area contributed by atoms with E-state index in [9.17, 15) is 0 Å². The first-order chi connectivity index (χ1) is 8.38. The molecule has 5 heteroatoms. The maximum absolute atomic E-state index is 2.31. The van der Waals surface area contributed by atoms with Crippen molar-refractivity contribution in [3.63, 3.8) is 0 Å². The van der Waals surface area contributed by atoms with Crippen LogP contribution in [0, 0.1) is 11.8 Å². The van der Waals surface area contributed by atoms with E-state index in [1.807, 2.05) is 0 Å². The molecular formula is C17H25Cl3HfN-. The van der Waals surface area contributed by atoms with Crippen LogP contribution in [0.25, 0.3) is 10.8 Å². The molecule has 0 aliphatic carbocycles. The van der Waals surface area contributed by atoms with Crippen molar-refractivity contribution in [2.45, 2.75) is 20.8 Å². The van der Waals surface area contributed by atoms with Crippen molar-refractivity contribution >= 4 is 10.8 Å². The SMILES string of the molecule is CN(C)C[CH-]C(C)(C)C.[Cl-].[Cl-].[Cl-].[Hf+4].c1ccc2[cH-]ccc2c1. The van der Waals surface area contributed by atoms with Crippen LogP contribution >= 0.6 is 0 Å². The van der Waals surface area contributed by atoms with E-state index in [0.29, 0.717) is 5.41 Å². The van der Waals surface area contributed by atoms with Crippen LogP contribution in [-0.2, 0) is 25.8 Å². The van der Waals surface area contributed by atoms with Crippen LogP contribution in [0.15, 0.2) is 42.5 Å². The van der Waals surface area contributed by atoms with Crippen LogP contribution in [0.3, 0.4) is 0 Å². The van der Waals surface area contributed by atoms with Gasteiger partial charge >= 0.3 is 25.8 Å². The molecule has 0 saturated carbocycles.